The van der Waals surface area contributed by atoms with E-state index < -0.39 is 0 Å². The molecule has 1 aliphatic rings. The predicted octanol–water partition coefficient (Wildman–Crippen LogP) is 2.76. The van der Waals surface area contributed by atoms with E-state index in [4.69, 9.17) is 4.42 Å². The van der Waals surface area contributed by atoms with Crippen LogP contribution >= 0.6 is 0 Å². The molecule has 0 spiro atoms. The van der Waals surface area contributed by atoms with Gasteiger partial charge in [0.1, 0.15) is 17.2 Å². The highest BCUT2D eigenvalue weighted by molar-refractivity contribution is 5.77. The quantitative estimate of drug-likeness (QED) is 0.902. The van der Waals surface area contributed by atoms with E-state index in [1.165, 1.54) is 12.1 Å². The highest BCUT2D eigenvalue weighted by Crippen LogP contribution is 2.22. The number of fused-ring (bicyclic) bond motifs is 1. The molecule has 0 amide bonds. The molecule has 2 aromatic rings. The van der Waals surface area contributed by atoms with Crippen LogP contribution in [0.5, 0.6) is 0 Å². The summed E-state index contributed by atoms with van der Waals surface area (Å²) in [5.41, 5.74) is 0.891. The van der Waals surface area contributed by atoms with Crippen molar-refractivity contribution in [2.24, 2.45) is 0 Å². The molecule has 1 saturated heterocycles. The first-order valence-corrected chi connectivity index (χ1v) is 6.67. The number of piperazine rings is 1. The van der Waals surface area contributed by atoms with Gasteiger partial charge in [-0.1, -0.05) is 0 Å². The first kappa shape index (κ1) is 12.6. The summed E-state index contributed by atoms with van der Waals surface area (Å²) >= 11 is 0. The van der Waals surface area contributed by atoms with Gasteiger partial charge in [0.15, 0.2) is 0 Å². The smallest absolute Gasteiger partial charge is 0.134 e. The van der Waals surface area contributed by atoms with Crippen molar-refractivity contribution in [1.82, 2.24) is 10.2 Å². The van der Waals surface area contributed by atoms with Gasteiger partial charge in [0.2, 0.25) is 0 Å². The normalized spacial score (nSPS) is 19.9. The molecule has 4 heteroatoms. The Labute approximate surface area is 112 Å². The number of furan rings is 1. The second kappa shape index (κ2) is 4.62. The second-order valence-electron chi connectivity index (χ2n) is 5.92. The summed E-state index contributed by atoms with van der Waals surface area (Å²) in [5, 5.41) is 4.32. The van der Waals surface area contributed by atoms with Crippen LogP contribution in [-0.4, -0.2) is 30.1 Å². The zero-order chi connectivity index (χ0) is 13.5. The van der Waals surface area contributed by atoms with Gasteiger partial charge < -0.3 is 9.73 Å². The Morgan fingerprint density at radius 1 is 1.37 bits per heavy atom. The minimum Gasteiger partial charge on any atom is -0.460 e. The summed E-state index contributed by atoms with van der Waals surface area (Å²) in [6.07, 6.45) is 0. The number of nitrogens with one attached hydrogen (secondary N) is 1. The maximum absolute atomic E-state index is 13.1. The van der Waals surface area contributed by atoms with Crippen molar-refractivity contribution in [3.8, 4) is 0 Å². The van der Waals surface area contributed by atoms with Crippen molar-refractivity contribution in [1.29, 1.82) is 0 Å². The predicted molar refractivity (Wildman–Crippen MR) is 73.5 cm³/mol. The summed E-state index contributed by atoms with van der Waals surface area (Å²) in [4.78, 5) is 2.37. The lowest BCUT2D eigenvalue weighted by Crippen LogP contribution is -2.56. The molecule has 0 aliphatic carbocycles. The molecule has 0 radical (unpaired) electrons. The number of nitrogens with zero attached hydrogens (tertiary/aromatic N) is 1. The average Bonchev–Trinajstić information content (AvgIpc) is 2.68. The molecule has 0 bridgehead atoms. The summed E-state index contributed by atoms with van der Waals surface area (Å²) in [5.74, 6) is 0.682. The van der Waals surface area contributed by atoms with Gasteiger partial charge in [-0.05, 0) is 38.1 Å². The van der Waals surface area contributed by atoms with Gasteiger partial charge in [-0.25, -0.2) is 4.39 Å². The van der Waals surface area contributed by atoms with Crippen molar-refractivity contribution in [3.63, 3.8) is 0 Å². The lowest BCUT2D eigenvalue weighted by Gasteiger charge is -2.38. The molecule has 1 N–H and O–H groups in total. The topological polar surface area (TPSA) is 28.4 Å². The first-order chi connectivity index (χ1) is 9.02. The van der Waals surface area contributed by atoms with Gasteiger partial charge in [-0.3, -0.25) is 4.90 Å². The number of hydrogen-bond donors (Lipinski definition) is 1. The largest absolute Gasteiger partial charge is 0.460 e. The fourth-order valence-corrected chi connectivity index (χ4v) is 2.75. The Kier molecular flexibility index (Phi) is 3.07. The van der Waals surface area contributed by atoms with Gasteiger partial charge in [0, 0.05) is 30.6 Å². The molecule has 102 valence electrons. The Hall–Kier alpha value is -1.39. The van der Waals surface area contributed by atoms with E-state index in [1.54, 1.807) is 6.07 Å². The molecule has 1 aromatic heterocycles. The zero-order valence-electron chi connectivity index (χ0n) is 11.4. The molecule has 1 fully saturated rings. The fraction of sp³-hybridized carbons (Fsp3) is 0.467. The van der Waals surface area contributed by atoms with E-state index in [1.807, 2.05) is 6.07 Å². The average molecular weight is 262 g/mol. The van der Waals surface area contributed by atoms with Crippen LogP contribution in [0.2, 0.25) is 0 Å². The van der Waals surface area contributed by atoms with Crippen LogP contribution in [-0.2, 0) is 6.54 Å². The van der Waals surface area contributed by atoms with Crippen molar-refractivity contribution in [2.45, 2.75) is 25.9 Å². The molecule has 3 nitrogen and oxygen atoms in total. The number of rotatable bonds is 2. The van der Waals surface area contributed by atoms with Crippen molar-refractivity contribution < 1.29 is 8.81 Å². The van der Waals surface area contributed by atoms with Crippen LogP contribution in [0.15, 0.2) is 28.7 Å². The molecule has 2 heterocycles. The number of halogens is 1. The standard InChI is InChI=1S/C15H19FN2O/c1-15(2)10-18(6-5-17-15)9-13-8-11-7-12(16)3-4-14(11)19-13/h3-4,7-8,17H,5-6,9-10H2,1-2H3. The Balaban J connectivity index is 1.77. The maximum Gasteiger partial charge on any atom is 0.134 e. The van der Waals surface area contributed by atoms with E-state index in [9.17, 15) is 4.39 Å². The van der Waals surface area contributed by atoms with Gasteiger partial charge in [-0.2, -0.15) is 0 Å². The van der Waals surface area contributed by atoms with E-state index in [-0.39, 0.29) is 11.4 Å². The summed E-state index contributed by atoms with van der Waals surface area (Å²) in [6.45, 7) is 8.16. The van der Waals surface area contributed by atoms with Crippen molar-refractivity contribution in [2.75, 3.05) is 19.6 Å². The van der Waals surface area contributed by atoms with Crippen LogP contribution in [0.25, 0.3) is 11.0 Å². The maximum atomic E-state index is 13.1. The first-order valence-electron chi connectivity index (χ1n) is 6.67. The van der Waals surface area contributed by atoms with Gasteiger partial charge in [0.05, 0.1) is 6.54 Å². The highest BCUT2D eigenvalue weighted by Gasteiger charge is 2.26. The number of benzene rings is 1. The lowest BCUT2D eigenvalue weighted by molar-refractivity contribution is 0.140. The molecule has 1 aromatic carbocycles. The molecule has 0 atom stereocenters. The Morgan fingerprint density at radius 2 is 2.21 bits per heavy atom. The van der Waals surface area contributed by atoms with Gasteiger partial charge in [0.25, 0.3) is 0 Å². The lowest BCUT2D eigenvalue weighted by atomic mass is 10.0. The minimum absolute atomic E-state index is 0.135. The summed E-state index contributed by atoms with van der Waals surface area (Å²) in [6, 6.07) is 6.58. The van der Waals surface area contributed by atoms with Crippen LogP contribution < -0.4 is 5.32 Å². The minimum atomic E-state index is -0.219. The van der Waals surface area contributed by atoms with Crippen LogP contribution in [0, 0.1) is 5.82 Å². The Morgan fingerprint density at radius 3 is 3.00 bits per heavy atom. The van der Waals surface area contributed by atoms with Crippen molar-refractivity contribution >= 4 is 11.0 Å². The SMILES string of the molecule is CC1(C)CN(Cc2cc3cc(F)ccc3o2)CCN1. The molecular formula is C15H19FN2O. The third kappa shape index (κ3) is 2.80. The van der Waals surface area contributed by atoms with E-state index in [2.05, 4.69) is 24.1 Å². The third-order valence-electron chi connectivity index (χ3n) is 3.56. The molecule has 0 unspecified atom stereocenters. The molecule has 3 rings (SSSR count). The highest BCUT2D eigenvalue weighted by atomic mass is 19.1. The van der Waals surface area contributed by atoms with Gasteiger partial charge >= 0.3 is 0 Å². The van der Waals surface area contributed by atoms with Crippen molar-refractivity contribution in [3.05, 3.63) is 35.8 Å². The second-order valence-corrected chi connectivity index (χ2v) is 5.92. The van der Waals surface area contributed by atoms with Crippen LogP contribution in [0.3, 0.4) is 0 Å². The monoisotopic (exact) mass is 262 g/mol. The van der Waals surface area contributed by atoms with Crippen LogP contribution in [0.4, 0.5) is 4.39 Å². The molecular weight excluding hydrogens is 243 g/mol. The third-order valence-corrected chi connectivity index (χ3v) is 3.56. The summed E-state index contributed by atoms with van der Waals surface area (Å²) < 4.78 is 18.9. The molecule has 19 heavy (non-hydrogen) atoms. The number of hydrogen-bond acceptors (Lipinski definition) is 3. The van der Waals surface area contributed by atoms with E-state index in [0.717, 1.165) is 42.9 Å². The summed E-state index contributed by atoms with van der Waals surface area (Å²) in [7, 11) is 0. The fourth-order valence-electron chi connectivity index (χ4n) is 2.75. The molecule has 1 aliphatic heterocycles. The Bertz CT molecular complexity index is 591. The van der Waals surface area contributed by atoms with Gasteiger partial charge in [-0.15, -0.1) is 0 Å². The zero-order valence-corrected chi connectivity index (χ0v) is 11.4. The van der Waals surface area contributed by atoms with E-state index >= 15 is 0 Å². The molecule has 0 saturated carbocycles. The van der Waals surface area contributed by atoms with Crippen LogP contribution in [0.1, 0.15) is 19.6 Å². The van der Waals surface area contributed by atoms with E-state index in [0.29, 0.717) is 0 Å².